The van der Waals surface area contributed by atoms with Crippen molar-refractivity contribution in [1.29, 1.82) is 0 Å². The van der Waals surface area contributed by atoms with Crippen molar-refractivity contribution in [3.63, 3.8) is 0 Å². The second kappa shape index (κ2) is 7.03. The molecular weight excluding hydrogens is 347 g/mol. The number of aromatic nitrogens is 2. The number of alkyl halides is 3. The molecule has 0 aliphatic carbocycles. The van der Waals surface area contributed by atoms with Gasteiger partial charge < -0.3 is 10.4 Å². The van der Waals surface area contributed by atoms with Gasteiger partial charge in [-0.15, -0.1) is 10.2 Å². The van der Waals surface area contributed by atoms with Crippen molar-refractivity contribution >= 4 is 5.78 Å². The van der Waals surface area contributed by atoms with Gasteiger partial charge >= 0.3 is 6.18 Å². The third kappa shape index (κ3) is 3.70. The highest BCUT2D eigenvalue weighted by atomic mass is 19.4. The number of nitrogens with zero attached hydrogens (tertiary/aromatic N) is 2. The molecule has 8 heteroatoms. The number of benzene rings is 1. The summed E-state index contributed by atoms with van der Waals surface area (Å²) >= 11 is 0. The first-order chi connectivity index (χ1) is 12.3. The Balaban J connectivity index is 1.89. The molecule has 0 saturated carbocycles. The number of halogens is 3. The number of aromatic hydroxyl groups is 1. The van der Waals surface area contributed by atoms with E-state index in [1.165, 1.54) is 0 Å². The van der Waals surface area contributed by atoms with Gasteiger partial charge in [0.1, 0.15) is 11.4 Å². The number of hydrogen-bond donors (Lipinski definition) is 2. The van der Waals surface area contributed by atoms with Crippen molar-refractivity contribution in [3.8, 4) is 17.0 Å². The van der Waals surface area contributed by atoms with E-state index in [0.29, 0.717) is 18.2 Å². The molecule has 5 nitrogen and oxygen atoms in total. The average Bonchev–Trinajstić information content (AvgIpc) is 2.61. The van der Waals surface area contributed by atoms with E-state index in [0.717, 1.165) is 31.5 Å². The third-order valence-corrected chi connectivity index (χ3v) is 4.48. The second-order valence-electron chi connectivity index (χ2n) is 6.40. The normalized spacial score (nSPS) is 17.9. The van der Waals surface area contributed by atoms with E-state index >= 15 is 0 Å². The van der Waals surface area contributed by atoms with Crippen LogP contribution < -0.4 is 5.32 Å². The van der Waals surface area contributed by atoms with E-state index in [2.05, 4.69) is 15.5 Å². The zero-order valence-electron chi connectivity index (χ0n) is 14.1. The molecule has 2 heterocycles. The summed E-state index contributed by atoms with van der Waals surface area (Å²) < 4.78 is 38.2. The molecule has 3 rings (SSSR count). The fourth-order valence-corrected chi connectivity index (χ4v) is 3.06. The lowest BCUT2D eigenvalue weighted by Gasteiger charge is -2.21. The summed E-state index contributed by atoms with van der Waals surface area (Å²) in [5.74, 6) is -0.786. The summed E-state index contributed by atoms with van der Waals surface area (Å²) in [5.41, 5.74) is 0.227. The minimum atomic E-state index is -4.54. The maximum absolute atomic E-state index is 12.7. The van der Waals surface area contributed by atoms with Crippen LogP contribution in [-0.2, 0) is 6.18 Å². The molecular formula is C18H18F3N3O2. The van der Waals surface area contributed by atoms with Gasteiger partial charge in [-0.1, -0.05) is 0 Å². The van der Waals surface area contributed by atoms with E-state index < -0.39 is 17.5 Å². The van der Waals surface area contributed by atoms with Gasteiger partial charge in [-0.25, -0.2) is 0 Å². The molecule has 1 aliphatic rings. The van der Waals surface area contributed by atoms with Crippen LogP contribution in [0.15, 0.2) is 24.3 Å². The van der Waals surface area contributed by atoms with Crippen molar-refractivity contribution in [2.75, 3.05) is 13.1 Å². The molecule has 1 saturated heterocycles. The molecule has 2 N–H and O–H groups in total. The monoisotopic (exact) mass is 365 g/mol. The fourth-order valence-electron chi connectivity index (χ4n) is 3.06. The van der Waals surface area contributed by atoms with E-state index in [1.807, 2.05) is 0 Å². The van der Waals surface area contributed by atoms with Gasteiger partial charge in [-0.2, -0.15) is 13.2 Å². The number of hydrogen-bond acceptors (Lipinski definition) is 5. The number of carbonyl (C=O) groups excluding carboxylic acids is 1. The molecule has 1 aliphatic heterocycles. The van der Waals surface area contributed by atoms with Crippen molar-refractivity contribution in [2.24, 2.45) is 5.92 Å². The van der Waals surface area contributed by atoms with Crippen LogP contribution in [0, 0.1) is 12.8 Å². The highest BCUT2D eigenvalue weighted by Crippen LogP contribution is 2.36. The number of Topliss-reactive ketones (excluding diaryl/α,β-unsaturated/α-hetero) is 1. The Morgan fingerprint density at radius 2 is 2.04 bits per heavy atom. The molecule has 1 fully saturated rings. The second-order valence-corrected chi connectivity index (χ2v) is 6.40. The Labute approximate surface area is 148 Å². The SMILES string of the molecule is Cc1cc(C(=O)C2CCCNC2)nnc1-c1ccc(C(F)(F)F)cc1O. The van der Waals surface area contributed by atoms with Crippen LogP contribution in [0.25, 0.3) is 11.3 Å². The maximum Gasteiger partial charge on any atom is 0.416 e. The third-order valence-electron chi connectivity index (χ3n) is 4.48. The first kappa shape index (κ1) is 18.3. The van der Waals surface area contributed by atoms with Crippen LogP contribution in [0.4, 0.5) is 13.2 Å². The highest BCUT2D eigenvalue weighted by molar-refractivity contribution is 5.96. The van der Waals surface area contributed by atoms with Crippen molar-refractivity contribution in [3.05, 3.63) is 41.1 Å². The van der Waals surface area contributed by atoms with Crippen LogP contribution in [0.3, 0.4) is 0 Å². The molecule has 1 aromatic carbocycles. The smallest absolute Gasteiger partial charge is 0.416 e. The average molecular weight is 365 g/mol. The topological polar surface area (TPSA) is 75.1 Å². The van der Waals surface area contributed by atoms with E-state index in [1.54, 1.807) is 13.0 Å². The maximum atomic E-state index is 12.7. The fraction of sp³-hybridized carbons (Fsp3) is 0.389. The van der Waals surface area contributed by atoms with Crippen LogP contribution in [0.2, 0.25) is 0 Å². The molecule has 0 bridgehead atoms. The minimum Gasteiger partial charge on any atom is -0.507 e. The minimum absolute atomic E-state index is 0.101. The molecule has 0 spiro atoms. The molecule has 1 unspecified atom stereocenters. The van der Waals surface area contributed by atoms with Crippen molar-refractivity contribution in [2.45, 2.75) is 25.9 Å². The molecule has 2 aromatic rings. The molecule has 1 atom stereocenters. The number of phenolic OH excluding ortho intramolecular Hbond substituents is 1. The first-order valence-corrected chi connectivity index (χ1v) is 8.27. The van der Waals surface area contributed by atoms with Gasteiger partial charge in [0.25, 0.3) is 0 Å². The summed E-state index contributed by atoms with van der Waals surface area (Å²) in [6.07, 6.45) is -2.84. The number of nitrogens with one attached hydrogen (secondary N) is 1. The molecule has 1 aromatic heterocycles. The molecule has 26 heavy (non-hydrogen) atoms. The molecule has 0 amide bonds. The van der Waals surface area contributed by atoms with Gasteiger partial charge in [0.15, 0.2) is 5.78 Å². The van der Waals surface area contributed by atoms with Crippen molar-refractivity contribution in [1.82, 2.24) is 15.5 Å². The summed E-state index contributed by atoms with van der Waals surface area (Å²) in [5, 5.41) is 21.1. The summed E-state index contributed by atoms with van der Waals surface area (Å²) in [6, 6.07) is 4.25. The van der Waals surface area contributed by atoms with Gasteiger partial charge in [0, 0.05) is 18.0 Å². The van der Waals surface area contributed by atoms with Gasteiger partial charge in [-0.05, 0) is 56.1 Å². The Hall–Kier alpha value is -2.48. The predicted octanol–water partition coefficient (Wildman–Crippen LogP) is 3.36. The van der Waals surface area contributed by atoms with Crippen molar-refractivity contribution < 1.29 is 23.1 Å². The largest absolute Gasteiger partial charge is 0.507 e. The lowest BCUT2D eigenvalue weighted by molar-refractivity contribution is -0.137. The molecule has 0 radical (unpaired) electrons. The van der Waals surface area contributed by atoms with Crippen LogP contribution in [0.1, 0.15) is 34.5 Å². The zero-order valence-corrected chi connectivity index (χ0v) is 14.1. The van der Waals surface area contributed by atoms with E-state index in [9.17, 15) is 23.1 Å². The van der Waals surface area contributed by atoms with Crippen LogP contribution in [0.5, 0.6) is 5.75 Å². The van der Waals surface area contributed by atoms with Crippen LogP contribution in [-0.4, -0.2) is 34.2 Å². The van der Waals surface area contributed by atoms with Gasteiger partial charge in [0.2, 0.25) is 0 Å². The van der Waals surface area contributed by atoms with Gasteiger partial charge in [0.05, 0.1) is 11.3 Å². The zero-order chi connectivity index (χ0) is 18.9. The number of aryl methyl sites for hydroxylation is 1. The summed E-state index contributed by atoms with van der Waals surface area (Å²) in [4.78, 5) is 12.5. The van der Waals surface area contributed by atoms with Gasteiger partial charge in [-0.3, -0.25) is 4.79 Å². The summed E-state index contributed by atoms with van der Waals surface area (Å²) in [7, 11) is 0. The number of ketones is 1. The number of piperidine rings is 1. The Bertz CT molecular complexity index is 831. The number of rotatable bonds is 3. The summed E-state index contributed by atoms with van der Waals surface area (Å²) in [6.45, 7) is 3.17. The van der Waals surface area contributed by atoms with E-state index in [-0.39, 0.29) is 28.7 Å². The Morgan fingerprint density at radius 3 is 2.62 bits per heavy atom. The lowest BCUT2D eigenvalue weighted by Crippen LogP contribution is -2.34. The molecule has 138 valence electrons. The highest BCUT2D eigenvalue weighted by Gasteiger charge is 2.31. The van der Waals surface area contributed by atoms with E-state index in [4.69, 9.17) is 0 Å². The standard InChI is InChI=1S/C18H18F3N3O2/c1-10-7-14(17(26)11-3-2-6-22-9-11)23-24-16(10)13-5-4-12(8-15(13)25)18(19,20)21/h4-5,7-8,11,22,25H,2-3,6,9H2,1H3. The first-order valence-electron chi connectivity index (χ1n) is 8.27. The Morgan fingerprint density at radius 1 is 1.27 bits per heavy atom. The number of phenols is 1. The lowest BCUT2D eigenvalue weighted by atomic mass is 9.92. The quantitative estimate of drug-likeness (QED) is 0.816. The predicted molar refractivity (Wildman–Crippen MR) is 88.8 cm³/mol. The number of carbonyl (C=O) groups is 1. The Kier molecular flexibility index (Phi) is 4.95. The van der Waals surface area contributed by atoms with Crippen LogP contribution >= 0.6 is 0 Å².